The molecule has 1 fully saturated rings. The first-order valence-corrected chi connectivity index (χ1v) is 6.41. The number of hydrogen-bond acceptors (Lipinski definition) is 2. The summed E-state index contributed by atoms with van der Waals surface area (Å²) in [6.07, 6.45) is 6.20. The predicted molar refractivity (Wildman–Crippen MR) is 59.1 cm³/mol. The van der Waals surface area contributed by atoms with Crippen LogP contribution in [0.3, 0.4) is 0 Å². The molecule has 70 valence electrons. The van der Waals surface area contributed by atoms with Gasteiger partial charge < -0.3 is 5.73 Å². The van der Waals surface area contributed by atoms with Crippen LogP contribution in [0.2, 0.25) is 0 Å². The summed E-state index contributed by atoms with van der Waals surface area (Å²) < 4.78 is 1.34. The maximum atomic E-state index is 6.21. The van der Waals surface area contributed by atoms with E-state index in [4.69, 9.17) is 5.73 Å². The Bertz CT molecular complexity index is 365. The van der Waals surface area contributed by atoms with Crippen LogP contribution in [-0.4, -0.2) is 0 Å². The lowest BCUT2D eigenvalue weighted by atomic mass is 10.2. The Morgan fingerprint density at radius 2 is 2.08 bits per heavy atom. The molecule has 0 radical (unpaired) electrons. The largest absolute Gasteiger partial charge is 0.321 e. The van der Waals surface area contributed by atoms with Gasteiger partial charge >= 0.3 is 0 Å². The van der Waals surface area contributed by atoms with Crippen LogP contribution in [0.1, 0.15) is 34.6 Å². The SMILES string of the molecule is NC1(c2sc3c(c2Br)CCC3)CC1. The van der Waals surface area contributed by atoms with Crippen LogP contribution < -0.4 is 5.73 Å². The smallest absolute Gasteiger partial charge is 0.0517 e. The van der Waals surface area contributed by atoms with Crippen LogP contribution in [0.25, 0.3) is 0 Å². The van der Waals surface area contributed by atoms with Gasteiger partial charge in [-0.3, -0.25) is 0 Å². The molecular weight excluding hydrogens is 246 g/mol. The standard InChI is InChI=1S/C10H12BrNS/c11-8-6-2-1-3-7(6)13-9(8)10(12)4-5-10/h1-5,12H2. The highest BCUT2D eigenvalue weighted by Crippen LogP contribution is 2.52. The van der Waals surface area contributed by atoms with Crippen molar-refractivity contribution < 1.29 is 0 Å². The molecule has 2 N–H and O–H groups in total. The monoisotopic (exact) mass is 257 g/mol. The van der Waals surface area contributed by atoms with Gasteiger partial charge in [0, 0.05) is 14.2 Å². The molecular formula is C10H12BrNS. The third-order valence-corrected chi connectivity index (χ3v) is 5.75. The van der Waals surface area contributed by atoms with Crippen molar-refractivity contribution >= 4 is 27.3 Å². The van der Waals surface area contributed by atoms with Crippen LogP contribution >= 0.6 is 27.3 Å². The summed E-state index contributed by atoms with van der Waals surface area (Å²) >= 11 is 5.65. The molecule has 2 aliphatic carbocycles. The molecule has 0 saturated heterocycles. The summed E-state index contributed by atoms with van der Waals surface area (Å²) in [4.78, 5) is 3.00. The summed E-state index contributed by atoms with van der Waals surface area (Å²) in [5.41, 5.74) is 7.81. The highest BCUT2D eigenvalue weighted by atomic mass is 79.9. The lowest BCUT2D eigenvalue weighted by molar-refractivity contribution is 0.752. The van der Waals surface area contributed by atoms with Gasteiger partial charge in [-0.1, -0.05) is 0 Å². The van der Waals surface area contributed by atoms with E-state index in [1.54, 1.807) is 10.4 Å². The van der Waals surface area contributed by atoms with Gasteiger partial charge in [-0.05, 0) is 53.6 Å². The second-order valence-electron chi connectivity index (χ2n) is 4.16. The van der Waals surface area contributed by atoms with Crippen molar-refractivity contribution in [2.75, 3.05) is 0 Å². The minimum atomic E-state index is 0.0494. The lowest BCUT2D eigenvalue weighted by Gasteiger charge is -2.06. The molecule has 1 aromatic heterocycles. The Hall–Kier alpha value is 0.140. The average molecular weight is 258 g/mol. The number of hydrogen-bond donors (Lipinski definition) is 1. The number of aryl methyl sites for hydroxylation is 1. The van der Waals surface area contributed by atoms with Gasteiger partial charge in [0.05, 0.1) is 5.54 Å². The highest BCUT2D eigenvalue weighted by Gasteiger charge is 2.44. The Morgan fingerprint density at radius 1 is 1.31 bits per heavy atom. The van der Waals surface area contributed by atoms with Crippen LogP contribution in [0.5, 0.6) is 0 Å². The fourth-order valence-electron chi connectivity index (χ4n) is 2.05. The zero-order chi connectivity index (χ0) is 9.05. The molecule has 0 bridgehead atoms. The number of halogens is 1. The maximum Gasteiger partial charge on any atom is 0.0517 e. The molecule has 0 aliphatic heterocycles. The summed E-state index contributed by atoms with van der Waals surface area (Å²) in [5, 5.41) is 0. The van der Waals surface area contributed by atoms with Gasteiger partial charge in [0.2, 0.25) is 0 Å². The van der Waals surface area contributed by atoms with Crippen molar-refractivity contribution in [1.82, 2.24) is 0 Å². The highest BCUT2D eigenvalue weighted by molar-refractivity contribution is 9.10. The topological polar surface area (TPSA) is 26.0 Å². The van der Waals surface area contributed by atoms with E-state index in [0.29, 0.717) is 0 Å². The Morgan fingerprint density at radius 3 is 2.69 bits per heavy atom. The predicted octanol–water partition coefficient (Wildman–Crippen LogP) is 2.95. The molecule has 1 nitrogen and oxygen atoms in total. The van der Waals surface area contributed by atoms with Gasteiger partial charge in [-0.15, -0.1) is 11.3 Å². The van der Waals surface area contributed by atoms with Crippen LogP contribution in [-0.2, 0) is 18.4 Å². The van der Waals surface area contributed by atoms with Crippen LogP contribution in [0, 0.1) is 0 Å². The minimum absolute atomic E-state index is 0.0494. The van der Waals surface area contributed by atoms with E-state index in [-0.39, 0.29) is 5.54 Å². The van der Waals surface area contributed by atoms with Crippen molar-refractivity contribution in [1.29, 1.82) is 0 Å². The first kappa shape index (κ1) is 8.45. The number of rotatable bonds is 1. The molecule has 3 rings (SSSR count). The second kappa shape index (κ2) is 2.59. The second-order valence-corrected chi connectivity index (χ2v) is 6.05. The summed E-state index contributed by atoms with van der Waals surface area (Å²) in [6.45, 7) is 0. The van der Waals surface area contributed by atoms with Gasteiger partial charge in [0.25, 0.3) is 0 Å². The Balaban J connectivity index is 2.12. The normalized spacial score (nSPS) is 23.2. The number of thiophene rings is 1. The van der Waals surface area contributed by atoms with Gasteiger partial charge in [0.15, 0.2) is 0 Å². The molecule has 1 aromatic rings. The van der Waals surface area contributed by atoms with E-state index in [2.05, 4.69) is 15.9 Å². The van der Waals surface area contributed by atoms with E-state index in [1.807, 2.05) is 11.3 Å². The zero-order valence-electron chi connectivity index (χ0n) is 7.40. The third kappa shape index (κ3) is 1.14. The van der Waals surface area contributed by atoms with E-state index in [1.165, 1.54) is 41.5 Å². The summed E-state index contributed by atoms with van der Waals surface area (Å²) in [5.74, 6) is 0. The van der Waals surface area contributed by atoms with E-state index < -0.39 is 0 Å². The molecule has 0 amide bonds. The molecule has 0 unspecified atom stereocenters. The van der Waals surface area contributed by atoms with Crippen LogP contribution in [0.15, 0.2) is 4.47 Å². The fourth-order valence-corrected chi connectivity index (χ4v) is 4.69. The third-order valence-electron chi connectivity index (χ3n) is 3.10. The summed E-state index contributed by atoms with van der Waals surface area (Å²) in [7, 11) is 0. The van der Waals surface area contributed by atoms with Crippen molar-refractivity contribution in [3.05, 3.63) is 19.8 Å². The molecule has 3 heteroatoms. The van der Waals surface area contributed by atoms with Gasteiger partial charge in [-0.2, -0.15) is 0 Å². The average Bonchev–Trinajstić information content (AvgIpc) is 2.62. The Labute approximate surface area is 90.5 Å². The first-order valence-electron chi connectivity index (χ1n) is 4.80. The van der Waals surface area contributed by atoms with E-state index in [9.17, 15) is 0 Å². The summed E-state index contributed by atoms with van der Waals surface area (Å²) in [6, 6.07) is 0. The molecule has 1 saturated carbocycles. The van der Waals surface area contributed by atoms with Gasteiger partial charge in [0.1, 0.15) is 0 Å². The molecule has 0 aromatic carbocycles. The molecule has 1 heterocycles. The molecule has 0 atom stereocenters. The van der Waals surface area contributed by atoms with Crippen molar-refractivity contribution in [2.24, 2.45) is 5.73 Å². The van der Waals surface area contributed by atoms with E-state index >= 15 is 0 Å². The van der Waals surface area contributed by atoms with Crippen LogP contribution in [0.4, 0.5) is 0 Å². The Kier molecular flexibility index (Phi) is 1.68. The first-order chi connectivity index (χ1) is 6.21. The molecule has 2 aliphatic rings. The lowest BCUT2D eigenvalue weighted by Crippen LogP contribution is -2.17. The van der Waals surface area contributed by atoms with Gasteiger partial charge in [-0.25, -0.2) is 0 Å². The zero-order valence-corrected chi connectivity index (χ0v) is 9.80. The molecule has 13 heavy (non-hydrogen) atoms. The molecule has 0 spiro atoms. The van der Waals surface area contributed by atoms with Crippen molar-refractivity contribution in [3.63, 3.8) is 0 Å². The number of fused-ring (bicyclic) bond motifs is 1. The quantitative estimate of drug-likeness (QED) is 0.823. The fraction of sp³-hybridized carbons (Fsp3) is 0.600. The maximum absolute atomic E-state index is 6.21. The minimum Gasteiger partial charge on any atom is -0.321 e. The number of nitrogens with two attached hydrogens (primary N) is 1. The van der Waals surface area contributed by atoms with E-state index in [0.717, 1.165) is 0 Å². The van der Waals surface area contributed by atoms with Crippen molar-refractivity contribution in [2.45, 2.75) is 37.6 Å². The van der Waals surface area contributed by atoms with Crippen molar-refractivity contribution in [3.8, 4) is 0 Å².